The third-order valence-corrected chi connectivity index (χ3v) is 4.42. The van der Waals surface area contributed by atoms with Gasteiger partial charge in [-0.15, -0.1) is 0 Å². The lowest BCUT2D eigenvalue weighted by atomic mass is 10.1. The van der Waals surface area contributed by atoms with Gasteiger partial charge in [0, 0.05) is 12.1 Å². The van der Waals surface area contributed by atoms with Crippen LogP contribution < -0.4 is 11.1 Å². The van der Waals surface area contributed by atoms with Gasteiger partial charge in [-0.25, -0.2) is 0 Å². The monoisotopic (exact) mass is 200 g/mol. The zero-order valence-corrected chi connectivity index (χ0v) is 8.98. The lowest BCUT2D eigenvalue weighted by Gasteiger charge is -2.15. The fourth-order valence-corrected chi connectivity index (χ4v) is 3.56. The first-order chi connectivity index (χ1) is 6.34. The number of nitrogens with two attached hydrogens (primary N) is 1. The van der Waals surface area contributed by atoms with Gasteiger partial charge in [0.15, 0.2) is 0 Å². The minimum Gasteiger partial charge on any atom is -0.328 e. The van der Waals surface area contributed by atoms with E-state index in [9.17, 15) is 0 Å². The molecule has 13 heavy (non-hydrogen) atoms. The van der Waals surface area contributed by atoms with E-state index in [1.165, 1.54) is 43.7 Å². The van der Waals surface area contributed by atoms with Crippen LogP contribution >= 0.6 is 11.8 Å². The fourth-order valence-electron chi connectivity index (χ4n) is 2.28. The van der Waals surface area contributed by atoms with Crippen molar-refractivity contribution in [2.75, 3.05) is 18.1 Å². The van der Waals surface area contributed by atoms with Crippen molar-refractivity contribution in [3.05, 3.63) is 0 Å². The van der Waals surface area contributed by atoms with E-state index in [0.717, 1.165) is 12.0 Å². The highest BCUT2D eigenvalue weighted by Crippen LogP contribution is 2.23. The highest BCUT2D eigenvalue weighted by atomic mass is 32.2. The van der Waals surface area contributed by atoms with Crippen LogP contribution in [0.5, 0.6) is 0 Å². The Morgan fingerprint density at radius 2 is 2.23 bits per heavy atom. The lowest BCUT2D eigenvalue weighted by molar-refractivity contribution is 0.451. The van der Waals surface area contributed by atoms with Gasteiger partial charge in [0.2, 0.25) is 0 Å². The first-order valence-corrected chi connectivity index (χ1v) is 6.57. The van der Waals surface area contributed by atoms with Gasteiger partial charge >= 0.3 is 0 Å². The standard InChI is InChI=1S/C10H20N2S/c11-9-1-2-10(5-9)12-6-8-3-4-13-7-8/h8-10,12H,1-7,11H2. The summed E-state index contributed by atoms with van der Waals surface area (Å²) in [4.78, 5) is 0. The fraction of sp³-hybridized carbons (Fsp3) is 1.00. The quantitative estimate of drug-likeness (QED) is 0.719. The highest BCUT2D eigenvalue weighted by Gasteiger charge is 2.23. The maximum absolute atomic E-state index is 5.86. The van der Waals surface area contributed by atoms with Gasteiger partial charge in [-0.05, 0) is 49.7 Å². The number of hydrogen-bond acceptors (Lipinski definition) is 3. The van der Waals surface area contributed by atoms with Crippen molar-refractivity contribution in [2.45, 2.75) is 37.8 Å². The van der Waals surface area contributed by atoms with Gasteiger partial charge in [0.1, 0.15) is 0 Å². The molecule has 3 heteroatoms. The van der Waals surface area contributed by atoms with Gasteiger partial charge in [0.25, 0.3) is 0 Å². The van der Waals surface area contributed by atoms with Crippen LogP contribution in [0.2, 0.25) is 0 Å². The average Bonchev–Trinajstić information content (AvgIpc) is 2.71. The maximum Gasteiger partial charge on any atom is 0.00824 e. The molecule has 0 spiro atoms. The Morgan fingerprint density at radius 3 is 2.85 bits per heavy atom. The molecule has 0 aromatic carbocycles. The van der Waals surface area contributed by atoms with Crippen LogP contribution in [-0.2, 0) is 0 Å². The summed E-state index contributed by atoms with van der Waals surface area (Å²) in [7, 11) is 0. The molecular weight excluding hydrogens is 180 g/mol. The zero-order valence-electron chi connectivity index (χ0n) is 8.17. The summed E-state index contributed by atoms with van der Waals surface area (Å²) in [6.07, 6.45) is 5.12. The molecular formula is C10H20N2S. The molecule has 2 aliphatic rings. The van der Waals surface area contributed by atoms with Crippen LogP contribution in [0.3, 0.4) is 0 Å². The van der Waals surface area contributed by atoms with Crippen LogP contribution in [0.1, 0.15) is 25.7 Å². The molecule has 3 atom stereocenters. The van der Waals surface area contributed by atoms with E-state index < -0.39 is 0 Å². The third kappa shape index (κ3) is 2.86. The molecule has 1 saturated carbocycles. The van der Waals surface area contributed by atoms with E-state index >= 15 is 0 Å². The smallest absolute Gasteiger partial charge is 0.00824 e. The molecule has 0 aromatic rings. The number of rotatable bonds is 3. The summed E-state index contributed by atoms with van der Waals surface area (Å²) < 4.78 is 0. The highest BCUT2D eigenvalue weighted by molar-refractivity contribution is 7.99. The van der Waals surface area contributed by atoms with Crippen molar-refractivity contribution in [3.8, 4) is 0 Å². The van der Waals surface area contributed by atoms with Crippen LogP contribution in [0, 0.1) is 5.92 Å². The summed E-state index contributed by atoms with van der Waals surface area (Å²) in [5.74, 6) is 3.67. The molecule has 2 rings (SSSR count). The molecule has 0 aromatic heterocycles. The Bertz CT molecular complexity index is 157. The molecule has 1 aliphatic carbocycles. The summed E-state index contributed by atoms with van der Waals surface area (Å²) in [6, 6.07) is 1.19. The van der Waals surface area contributed by atoms with E-state index in [2.05, 4.69) is 17.1 Å². The molecule has 1 aliphatic heterocycles. The molecule has 2 nitrogen and oxygen atoms in total. The lowest BCUT2D eigenvalue weighted by Crippen LogP contribution is -2.32. The molecule has 0 radical (unpaired) electrons. The third-order valence-electron chi connectivity index (χ3n) is 3.19. The Hall–Kier alpha value is 0.270. The van der Waals surface area contributed by atoms with Crippen LogP contribution in [-0.4, -0.2) is 30.1 Å². The first-order valence-electron chi connectivity index (χ1n) is 5.41. The van der Waals surface area contributed by atoms with Crippen molar-refractivity contribution < 1.29 is 0 Å². The summed E-state index contributed by atoms with van der Waals surface area (Å²) >= 11 is 2.10. The minimum atomic E-state index is 0.468. The molecule has 3 unspecified atom stereocenters. The first kappa shape index (κ1) is 9.81. The number of nitrogens with one attached hydrogen (secondary N) is 1. The SMILES string of the molecule is NC1CCC(NCC2CCSC2)C1. The largest absolute Gasteiger partial charge is 0.328 e. The molecule has 0 amide bonds. The van der Waals surface area contributed by atoms with Crippen LogP contribution in [0.25, 0.3) is 0 Å². The topological polar surface area (TPSA) is 38.0 Å². The predicted molar refractivity (Wildman–Crippen MR) is 59.0 cm³/mol. The van der Waals surface area contributed by atoms with Gasteiger partial charge in [-0.3, -0.25) is 0 Å². The van der Waals surface area contributed by atoms with Gasteiger partial charge in [-0.1, -0.05) is 0 Å². The van der Waals surface area contributed by atoms with Crippen molar-refractivity contribution in [1.82, 2.24) is 5.32 Å². The predicted octanol–water partition coefficient (Wildman–Crippen LogP) is 1.21. The van der Waals surface area contributed by atoms with Crippen molar-refractivity contribution in [1.29, 1.82) is 0 Å². The average molecular weight is 200 g/mol. The van der Waals surface area contributed by atoms with Gasteiger partial charge in [-0.2, -0.15) is 11.8 Å². The second-order valence-corrected chi connectivity index (χ2v) is 5.56. The second-order valence-electron chi connectivity index (χ2n) is 4.41. The van der Waals surface area contributed by atoms with E-state index in [1.807, 2.05) is 0 Å². The molecule has 1 saturated heterocycles. The summed E-state index contributed by atoms with van der Waals surface area (Å²) in [5, 5.41) is 3.66. The zero-order chi connectivity index (χ0) is 9.10. The maximum atomic E-state index is 5.86. The second kappa shape index (κ2) is 4.67. The number of thioether (sulfide) groups is 1. The summed E-state index contributed by atoms with van der Waals surface area (Å²) in [5.41, 5.74) is 5.86. The molecule has 76 valence electrons. The van der Waals surface area contributed by atoms with Gasteiger partial charge < -0.3 is 11.1 Å². The van der Waals surface area contributed by atoms with E-state index in [0.29, 0.717) is 6.04 Å². The number of hydrogen-bond donors (Lipinski definition) is 2. The van der Waals surface area contributed by atoms with Gasteiger partial charge in [0.05, 0.1) is 0 Å². The molecule has 1 heterocycles. The Kier molecular flexibility index (Phi) is 3.52. The Morgan fingerprint density at radius 1 is 1.31 bits per heavy atom. The normalized spacial score (nSPS) is 39.9. The van der Waals surface area contributed by atoms with E-state index in [1.54, 1.807) is 0 Å². The Balaban J connectivity index is 1.62. The summed E-state index contributed by atoms with van der Waals surface area (Å²) in [6.45, 7) is 1.23. The molecule has 3 N–H and O–H groups in total. The van der Waals surface area contributed by atoms with E-state index in [4.69, 9.17) is 5.73 Å². The van der Waals surface area contributed by atoms with Crippen LogP contribution in [0.4, 0.5) is 0 Å². The van der Waals surface area contributed by atoms with Crippen molar-refractivity contribution >= 4 is 11.8 Å². The van der Waals surface area contributed by atoms with Crippen LogP contribution in [0.15, 0.2) is 0 Å². The van der Waals surface area contributed by atoms with E-state index in [-0.39, 0.29) is 0 Å². The molecule has 0 bridgehead atoms. The minimum absolute atomic E-state index is 0.468. The van der Waals surface area contributed by atoms with Crippen molar-refractivity contribution in [2.24, 2.45) is 11.7 Å². The Labute approximate surface area is 85.0 Å². The van der Waals surface area contributed by atoms with Crippen molar-refractivity contribution in [3.63, 3.8) is 0 Å². The molecule has 2 fully saturated rings.